The molecule has 4 heteroatoms. The Balaban J connectivity index is 2.33. The Morgan fingerprint density at radius 2 is 2.44 bits per heavy atom. The molecule has 1 amide bonds. The maximum absolute atomic E-state index is 11.9. The van der Waals surface area contributed by atoms with Crippen LogP contribution >= 0.6 is 0 Å². The smallest absolute Gasteiger partial charge is 0.254 e. The molecule has 0 unspecified atom stereocenters. The Hall–Kier alpha value is -2.28. The molecule has 0 saturated carbocycles. The van der Waals surface area contributed by atoms with Gasteiger partial charge in [-0.15, -0.1) is 6.42 Å². The number of hydrogen-bond acceptors (Lipinski definition) is 2. The number of terminal acetylenes is 1. The summed E-state index contributed by atoms with van der Waals surface area (Å²) in [5.41, 5.74) is 2.30. The van der Waals surface area contributed by atoms with Crippen LogP contribution in [0.3, 0.4) is 0 Å². The third-order valence-corrected chi connectivity index (χ3v) is 2.34. The topological polar surface area (TPSA) is 49.0 Å². The van der Waals surface area contributed by atoms with Gasteiger partial charge < -0.3 is 9.88 Å². The maximum atomic E-state index is 11.9. The Kier molecular flexibility index (Phi) is 2.61. The summed E-state index contributed by atoms with van der Waals surface area (Å²) in [5, 5.41) is 0. The molecule has 80 valence electrons. The van der Waals surface area contributed by atoms with Crippen molar-refractivity contribution in [3.05, 3.63) is 30.1 Å². The van der Waals surface area contributed by atoms with E-state index in [0.29, 0.717) is 12.1 Å². The van der Waals surface area contributed by atoms with Crippen molar-refractivity contribution in [2.45, 2.75) is 0 Å². The van der Waals surface area contributed by atoms with Crippen LogP contribution in [0.5, 0.6) is 0 Å². The van der Waals surface area contributed by atoms with E-state index in [1.165, 1.54) is 4.90 Å². The highest BCUT2D eigenvalue weighted by Gasteiger charge is 2.11. The molecule has 16 heavy (non-hydrogen) atoms. The van der Waals surface area contributed by atoms with E-state index in [1.807, 2.05) is 6.07 Å². The molecule has 1 N–H and O–H groups in total. The molecule has 0 radical (unpaired) electrons. The monoisotopic (exact) mass is 213 g/mol. The Labute approximate surface area is 93.3 Å². The molecule has 1 aromatic carbocycles. The van der Waals surface area contributed by atoms with Gasteiger partial charge in [0, 0.05) is 12.6 Å². The van der Waals surface area contributed by atoms with E-state index in [4.69, 9.17) is 6.42 Å². The Morgan fingerprint density at radius 1 is 1.62 bits per heavy atom. The van der Waals surface area contributed by atoms with Gasteiger partial charge in [-0.05, 0) is 18.2 Å². The Bertz CT molecular complexity index is 565. The van der Waals surface area contributed by atoms with Crippen molar-refractivity contribution < 1.29 is 4.79 Å². The zero-order valence-corrected chi connectivity index (χ0v) is 8.90. The average Bonchev–Trinajstić information content (AvgIpc) is 2.75. The second kappa shape index (κ2) is 4.07. The summed E-state index contributed by atoms with van der Waals surface area (Å²) in [6.07, 6.45) is 6.76. The second-order valence-electron chi connectivity index (χ2n) is 3.50. The molecule has 0 aliphatic heterocycles. The molecular formula is C12H11N3O. The third kappa shape index (κ3) is 1.75. The van der Waals surface area contributed by atoms with Gasteiger partial charge in [0.25, 0.3) is 5.91 Å². The number of rotatable bonds is 2. The van der Waals surface area contributed by atoms with Crippen molar-refractivity contribution in [1.29, 1.82) is 0 Å². The molecule has 2 rings (SSSR count). The fraction of sp³-hybridized carbons (Fsp3) is 0.167. The molecule has 1 aromatic heterocycles. The average molecular weight is 213 g/mol. The summed E-state index contributed by atoms with van der Waals surface area (Å²) < 4.78 is 0. The summed E-state index contributed by atoms with van der Waals surface area (Å²) in [6.45, 7) is 0.305. The first kappa shape index (κ1) is 10.2. The number of carbonyl (C=O) groups excluding carboxylic acids is 1. The number of fused-ring (bicyclic) bond motifs is 1. The van der Waals surface area contributed by atoms with E-state index in [-0.39, 0.29) is 5.91 Å². The van der Waals surface area contributed by atoms with Crippen LogP contribution in [-0.2, 0) is 0 Å². The van der Waals surface area contributed by atoms with Crippen molar-refractivity contribution >= 4 is 16.9 Å². The van der Waals surface area contributed by atoms with E-state index < -0.39 is 0 Å². The van der Waals surface area contributed by atoms with Crippen LogP contribution in [0, 0.1) is 12.3 Å². The summed E-state index contributed by atoms with van der Waals surface area (Å²) in [6, 6.07) is 5.33. The predicted octanol–water partition coefficient (Wildman–Crippen LogP) is 1.27. The number of nitrogens with zero attached hydrogens (tertiary/aromatic N) is 2. The molecule has 0 spiro atoms. The molecule has 1 heterocycles. The number of aromatic amines is 1. The molecule has 0 atom stereocenters. The number of nitrogens with one attached hydrogen (secondary N) is 1. The van der Waals surface area contributed by atoms with Crippen LogP contribution in [0.1, 0.15) is 10.4 Å². The largest absolute Gasteiger partial charge is 0.345 e. The van der Waals surface area contributed by atoms with Gasteiger partial charge in [-0.1, -0.05) is 5.92 Å². The normalized spacial score (nSPS) is 10.0. The molecule has 0 aliphatic rings. The first-order valence-corrected chi connectivity index (χ1v) is 4.84. The quantitative estimate of drug-likeness (QED) is 0.764. The SMILES string of the molecule is C#CCN(C)C(=O)c1ccc2nc[nH]c2c1. The predicted molar refractivity (Wildman–Crippen MR) is 61.9 cm³/mol. The van der Waals surface area contributed by atoms with Gasteiger partial charge in [0.05, 0.1) is 23.9 Å². The van der Waals surface area contributed by atoms with Crippen molar-refractivity contribution in [3.8, 4) is 12.3 Å². The van der Waals surface area contributed by atoms with Crippen LogP contribution in [0.25, 0.3) is 11.0 Å². The first-order valence-electron chi connectivity index (χ1n) is 4.84. The fourth-order valence-electron chi connectivity index (χ4n) is 1.50. The van der Waals surface area contributed by atoms with Crippen LogP contribution < -0.4 is 0 Å². The second-order valence-corrected chi connectivity index (χ2v) is 3.50. The van der Waals surface area contributed by atoms with Crippen LogP contribution in [0.4, 0.5) is 0 Å². The molecular weight excluding hydrogens is 202 g/mol. The number of carbonyl (C=O) groups is 1. The van der Waals surface area contributed by atoms with Crippen molar-refractivity contribution in [1.82, 2.24) is 14.9 Å². The summed E-state index contributed by atoms with van der Waals surface area (Å²) in [5.74, 6) is 2.35. The number of imidazole rings is 1. The van der Waals surface area contributed by atoms with Gasteiger partial charge in [-0.2, -0.15) is 0 Å². The fourth-order valence-corrected chi connectivity index (χ4v) is 1.50. The number of amides is 1. The summed E-state index contributed by atoms with van der Waals surface area (Å²) in [4.78, 5) is 20.4. The van der Waals surface area contributed by atoms with E-state index in [1.54, 1.807) is 25.5 Å². The highest BCUT2D eigenvalue weighted by Crippen LogP contribution is 2.12. The third-order valence-electron chi connectivity index (χ3n) is 2.34. The lowest BCUT2D eigenvalue weighted by Crippen LogP contribution is -2.26. The van der Waals surface area contributed by atoms with Crippen molar-refractivity contribution in [2.75, 3.05) is 13.6 Å². The van der Waals surface area contributed by atoms with Gasteiger partial charge in [-0.25, -0.2) is 4.98 Å². The van der Waals surface area contributed by atoms with E-state index in [9.17, 15) is 4.79 Å². The lowest BCUT2D eigenvalue weighted by atomic mass is 10.2. The minimum atomic E-state index is -0.0885. The van der Waals surface area contributed by atoms with Crippen LogP contribution in [0.15, 0.2) is 24.5 Å². The maximum Gasteiger partial charge on any atom is 0.254 e. The zero-order valence-electron chi connectivity index (χ0n) is 8.90. The molecule has 0 aliphatic carbocycles. The van der Waals surface area contributed by atoms with Crippen LogP contribution in [-0.4, -0.2) is 34.4 Å². The molecule has 2 aromatic rings. The lowest BCUT2D eigenvalue weighted by molar-refractivity contribution is 0.0813. The first-order chi connectivity index (χ1) is 7.72. The molecule has 0 bridgehead atoms. The van der Waals surface area contributed by atoms with Crippen molar-refractivity contribution in [2.24, 2.45) is 0 Å². The summed E-state index contributed by atoms with van der Waals surface area (Å²) >= 11 is 0. The molecule has 0 saturated heterocycles. The number of H-pyrrole nitrogens is 1. The van der Waals surface area contributed by atoms with Crippen molar-refractivity contribution in [3.63, 3.8) is 0 Å². The van der Waals surface area contributed by atoms with E-state index in [0.717, 1.165) is 11.0 Å². The Morgan fingerprint density at radius 3 is 3.19 bits per heavy atom. The molecule has 0 fully saturated rings. The minimum absolute atomic E-state index is 0.0885. The van der Waals surface area contributed by atoms with Crippen LogP contribution in [0.2, 0.25) is 0 Å². The zero-order chi connectivity index (χ0) is 11.5. The summed E-state index contributed by atoms with van der Waals surface area (Å²) in [7, 11) is 1.68. The van der Waals surface area contributed by atoms with E-state index in [2.05, 4.69) is 15.9 Å². The van der Waals surface area contributed by atoms with Gasteiger partial charge in [0.1, 0.15) is 0 Å². The van der Waals surface area contributed by atoms with Gasteiger partial charge in [0.15, 0.2) is 0 Å². The highest BCUT2D eigenvalue weighted by molar-refractivity contribution is 5.97. The van der Waals surface area contributed by atoms with Gasteiger partial charge in [0.2, 0.25) is 0 Å². The van der Waals surface area contributed by atoms with E-state index >= 15 is 0 Å². The number of benzene rings is 1. The van der Waals surface area contributed by atoms with Gasteiger partial charge in [-0.3, -0.25) is 4.79 Å². The van der Waals surface area contributed by atoms with Gasteiger partial charge >= 0.3 is 0 Å². The standard InChI is InChI=1S/C12H11N3O/c1-3-6-15(2)12(16)9-4-5-10-11(7-9)14-8-13-10/h1,4-5,7-8H,6H2,2H3,(H,13,14). The highest BCUT2D eigenvalue weighted by atomic mass is 16.2. The lowest BCUT2D eigenvalue weighted by Gasteiger charge is -2.13. The number of aromatic nitrogens is 2. The molecule has 4 nitrogen and oxygen atoms in total. The number of hydrogen-bond donors (Lipinski definition) is 1. The minimum Gasteiger partial charge on any atom is -0.345 e.